The second-order valence-corrected chi connectivity index (χ2v) is 21.5. The number of hydrogen-bond acceptors (Lipinski definition) is 12. The van der Waals surface area contributed by atoms with E-state index in [2.05, 4.69) is 72.8 Å². The number of aryl methyl sites for hydroxylation is 1. The summed E-state index contributed by atoms with van der Waals surface area (Å²) < 4.78 is 33.0. The minimum atomic E-state index is -1.30. The van der Waals surface area contributed by atoms with Crippen LogP contribution in [-0.2, 0) is 43.2 Å². The number of hydrogen-bond donors (Lipinski definition) is 4. The fraction of sp³-hybridized carbons (Fsp3) is 0.492. The van der Waals surface area contributed by atoms with Gasteiger partial charge in [-0.2, -0.15) is 0 Å². The number of ether oxygens (including phenoxy) is 4. The first-order valence-electron chi connectivity index (χ1n) is 26.8. The summed E-state index contributed by atoms with van der Waals surface area (Å²) in [5.74, 6) is -1.14. The molecular weight excluding hydrogens is 925 g/mol. The van der Waals surface area contributed by atoms with Gasteiger partial charge in [-0.3, -0.25) is 4.79 Å². The van der Waals surface area contributed by atoms with E-state index in [0.717, 1.165) is 75.3 Å². The molecule has 0 unspecified atom stereocenters. The van der Waals surface area contributed by atoms with Crippen LogP contribution in [0.3, 0.4) is 0 Å². The molecule has 4 aromatic carbocycles. The zero-order chi connectivity index (χ0) is 50.6. The number of aliphatic hydroxyl groups is 4. The molecule has 11 rings (SSSR count). The van der Waals surface area contributed by atoms with Crippen molar-refractivity contribution in [1.82, 2.24) is 0 Å². The highest BCUT2D eigenvalue weighted by molar-refractivity contribution is 5.90. The van der Waals surface area contributed by atoms with Crippen LogP contribution in [-0.4, -0.2) is 70.7 Å². The topological polar surface area (TPSA) is 182 Å². The molecule has 2 bridgehead atoms. The van der Waals surface area contributed by atoms with Crippen molar-refractivity contribution >= 4 is 22.9 Å². The lowest BCUT2D eigenvalue weighted by molar-refractivity contribution is -0.217. The van der Waals surface area contributed by atoms with Crippen molar-refractivity contribution in [3.05, 3.63) is 157 Å². The van der Waals surface area contributed by atoms with Crippen molar-refractivity contribution < 1.29 is 53.4 Å². The molecule has 3 aliphatic heterocycles. The Hall–Kier alpha value is -5.63. The molecule has 12 nitrogen and oxygen atoms in total. The lowest BCUT2D eigenvalue weighted by Crippen LogP contribution is -2.63. The predicted octanol–water partition coefficient (Wildman–Crippen LogP) is 9.94. The van der Waals surface area contributed by atoms with Crippen molar-refractivity contribution in [3.8, 4) is 5.75 Å². The van der Waals surface area contributed by atoms with Gasteiger partial charge in [-0.25, -0.2) is 9.59 Å². The monoisotopic (exact) mass is 994 g/mol. The van der Waals surface area contributed by atoms with Crippen LogP contribution in [0.2, 0.25) is 0 Å². The van der Waals surface area contributed by atoms with E-state index in [1.54, 1.807) is 19.1 Å². The normalized spacial score (nSPS) is 27.4. The van der Waals surface area contributed by atoms with Gasteiger partial charge in [0.25, 0.3) is 0 Å². The molecular formula is C61H70O12. The van der Waals surface area contributed by atoms with E-state index in [1.165, 1.54) is 16.7 Å². The fourth-order valence-electron chi connectivity index (χ4n) is 13.8. The highest BCUT2D eigenvalue weighted by Gasteiger charge is 2.62. The third kappa shape index (κ3) is 10.3. The van der Waals surface area contributed by atoms with Crippen LogP contribution in [0.5, 0.6) is 5.75 Å². The van der Waals surface area contributed by atoms with Gasteiger partial charge in [0, 0.05) is 41.4 Å². The number of fused-ring (bicyclic) bond motifs is 13. The van der Waals surface area contributed by atoms with E-state index in [4.69, 9.17) is 23.4 Å². The average Bonchev–Trinajstić information content (AvgIpc) is 3.40. The predicted molar refractivity (Wildman–Crippen MR) is 275 cm³/mol. The summed E-state index contributed by atoms with van der Waals surface area (Å²) in [6, 6.07) is 31.4. The molecule has 73 heavy (non-hydrogen) atoms. The maximum absolute atomic E-state index is 15.4. The van der Waals surface area contributed by atoms with Gasteiger partial charge in [0.1, 0.15) is 18.1 Å². The lowest BCUT2D eigenvalue weighted by Gasteiger charge is -2.56. The van der Waals surface area contributed by atoms with Crippen molar-refractivity contribution in [1.29, 1.82) is 0 Å². The van der Waals surface area contributed by atoms with Crippen molar-refractivity contribution in [2.45, 2.75) is 145 Å². The molecule has 0 radical (unpaired) electrons. The smallest absolute Gasteiger partial charge is 0.340 e. The summed E-state index contributed by atoms with van der Waals surface area (Å²) in [5.41, 5.74) is 5.44. The molecule has 0 saturated heterocycles. The second kappa shape index (κ2) is 22.5. The quantitative estimate of drug-likeness (QED) is 0.0426. The van der Waals surface area contributed by atoms with E-state index in [-0.39, 0.29) is 84.5 Å². The van der Waals surface area contributed by atoms with Gasteiger partial charge in [0.15, 0.2) is 17.8 Å². The van der Waals surface area contributed by atoms with Gasteiger partial charge >= 0.3 is 17.6 Å². The summed E-state index contributed by atoms with van der Waals surface area (Å²) in [6.07, 6.45) is 8.03. The maximum atomic E-state index is 15.4. The van der Waals surface area contributed by atoms with Crippen LogP contribution < -0.4 is 10.4 Å². The minimum Gasteiger partial charge on any atom is -0.482 e. The molecule has 9 atom stereocenters. The molecule has 6 aliphatic rings. The number of rotatable bonds is 11. The van der Waals surface area contributed by atoms with E-state index in [1.807, 2.05) is 6.07 Å². The molecule has 386 valence electrons. The third-order valence-electron chi connectivity index (χ3n) is 17.3. The summed E-state index contributed by atoms with van der Waals surface area (Å²) in [5, 5.41) is 41.7. The zero-order valence-electron chi connectivity index (χ0n) is 42.0. The molecule has 3 saturated carbocycles. The summed E-state index contributed by atoms with van der Waals surface area (Å²) in [4.78, 5) is 45.0. The Balaban J connectivity index is 1.12. The van der Waals surface area contributed by atoms with Crippen molar-refractivity contribution in [2.75, 3.05) is 26.6 Å². The molecule has 4 N–H and O–H groups in total. The minimum absolute atomic E-state index is 0.0352. The van der Waals surface area contributed by atoms with Crippen LogP contribution in [0.1, 0.15) is 159 Å². The number of aliphatic hydroxyl groups excluding tert-OH is 4. The lowest BCUT2D eigenvalue weighted by atomic mass is 9.59. The number of carbonyl (C=O) groups excluding carboxylic acids is 2. The number of carbonyl (C=O) groups is 2. The van der Waals surface area contributed by atoms with E-state index >= 15 is 9.59 Å². The Morgan fingerprint density at radius 3 is 2.37 bits per heavy atom. The Morgan fingerprint density at radius 1 is 0.795 bits per heavy atom. The Kier molecular flexibility index (Phi) is 15.7. The molecule has 3 fully saturated rings. The highest BCUT2D eigenvalue weighted by atomic mass is 16.6. The van der Waals surface area contributed by atoms with Crippen LogP contribution in [0.15, 0.2) is 111 Å². The third-order valence-corrected chi connectivity index (χ3v) is 17.3. The second-order valence-electron chi connectivity index (χ2n) is 21.5. The molecule has 5 aromatic rings. The first-order valence-corrected chi connectivity index (χ1v) is 26.8. The van der Waals surface area contributed by atoms with Crippen LogP contribution in [0.25, 0.3) is 11.0 Å². The van der Waals surface area contributed by atoms with Crippen LogP contribution in [0, 0.1) is 17.8 Å². The standard InChI is InChI=1S/C61H70O12/c1-37(33-63)47-22-18-38-16-19-41(20-17-38)48-23-21-44(43-13-7-11-40(30-43)29-39-9-3-2-4-10-39)31-46(48)32-53(66)70-57-55-52(73-61(58(57)72-59(47)67)27-8-14-42-12-5-6-15-51(42)61)25-24-49-50(34-64)54(60(68)71-56(49)55)45(26-28-62)35-69-36-65/h2-4,7,9-11,13,16-17,19-20,24-25,30,42,44-46,48,51,57-58,62-65H,5-6,8,12,14-15,18,21-23,26-29,31-36H2,1H3/b47-37-/t42-,44-,45-,46+,48+,51-,57-,58+,61+/m1/s1. The van der Waals surface area contributed by atoms with E-state index < -0.39 is 54.7 Å². The van der Waals surface area contributed by atoms with Gasteiger partial charge in [-0.05, 0) is 152 Å². The summed E-state index contributed by atoms with van der Waals surface area (Å²) >= 11 is 0. The molecule has 0 amide bonds. The van der Waals surface area contributed by atoms with E-state index in [9.17, 15) is 25.2 Å². The Bertz CT molecular complexity index is 2850. The average molecular weight is 995 g/mol. The molecule has 1 spiro atoms. The molecule has 3 aliphatic carbocycles. The van der Waals surface area contributed by atoms with Gasteiger partial charge in [0.05, 0.1) is 25.4 Å². The zero-order valence-corrected chi connectivity index (χ0v) is 42.0. The summed E-state index contributed by atoms with van der Waals surface area (Å²) in [7, 11) is 0. The fourth-order valence-corrected chi connectivity index (χ4v) is 13.8. The highest BCUT2D eigenvalue weighted by Crippen LogP contribution is 2.58. The SMILES string of the molecule is C/C(CO)=C1\CCc2ccc(cc2)[C@@H]2CC[C@@H](c3cccc(Cc4ccccc4)c3)C[C@H]2CC(=O)O[C@@H]2c3c(ccc4c(CO)c([C@H](CCO)COCO)c(=O)oc34)O[C@]3(CCC[C@H]4CCCC[C@H]43)[C@H]2OC1=O. The van der Waals surface area contributed by atoms with E-state index in [0.29, 0.717) is 41.5 Å². The van der Waals surface area contributed by atoms with Gasteiger partial charge in [-0.1, -0.05) is 98.1 Å². The first-order chi connectivity index (χ1) is 35.6. The molecule has 1 aromatic heterocycles. The first kappa shape index (κ1) is 50.9. The number of esters is 2. The van der Waals surface area contributed by atoms with Crippen molar-refractivity contribution in [2.24, 2.45) is 17.8 Å². The Labute approximate surface area is 427 Å². The maximum Gasteiger partial charge on any atom is 0.340 e. The van der Waals surface area contributed by atoms with Crippen molar-refractivity contribution in [3.63, 3.8) is 0 Å². The van der Waals surface area contributed by atoms with Crippen LogP contribution >= 0.6 is 0 Å². The number of benzene rings is 4. The molecule has 12 heteroatoms. The summed E-state index contributed by atoms with van der Waals surface area (Å²) in [6.45, 7) is -0.225. The Morgan fingerprint density at radius 2 is 1.59 bits per heavy atom. The van der Waals surface area contributed by atoms with Gasteiger partial charge in [-0.15, -0.1) is 0 Å². The van der Waals surface area contributed by atoms with Crippen LogP contribution in [0.4, 0.5) is 0 Å². The molecule has 4 heterocycles. The van der Waals surface area contributed by atoms with Gasteiger partial charge < -0.3 is 43.8 Å². The van der Waals surface area contributed by atoms with Gasteiger partial charge in [0.2, 0.25) is 0 Å². The largest absolute Gasteiger partial charge is 0.482 e.